The van der Waals surface area contributed by atoms with Crippen molar-refractivity contribution in [2.75, 3.05) is 0 Å². The van der Waals surface area contributed by atoms with E-state index in [1.54, 1.807) is 23.0 Å². The third-order valence-corrected chi connectivity index (χ3v) is 5.75. The Balaban J connectivity index is 1.88. The normalized spacial score (nSPS) is 12.8. The molecule has 0 aliphatic carbocycles. The van der Waals surface area contributed by atoms with E-state index in [1.165, 1.54) is 6.07 Å². The van der Waals surface area contributed by atoms with Gasteiger partial charge in [-0.3, -0.25) is 9.88 Å². The minimum Gasteiger partial charge on any atom is -0.281 e. The first-order valence-corrected chi connectivity index (χ1v) is 11.1. The molecule has 0 saturated heterocycles. The van der Waals surface area contributed by atoms with Gasteiger partial charge in [-0.05, 0) is 60.5 Å². The van der Waals surface area contributed by atoms with E-state index in [0.29, 0.717) is 29.5 Å². The fraction of sp³-hybridized carbons (Fsp3) is 0.280. The lowest BCUT2D eigenvalue weighted by atomic mass is 10.00. The van der Waals surface area contributed by atoms with Gasteiger partial charge >= 0.3 is 0 Å². The number of halogens is 2. The highest BCUT2D eigenvalue weighted by atomic mass is 35.5. The van der Waals surface area contributed by atoms with Crippen molar-refractivity contribution >= 4 is 11.6 Å². The molecule has 0 N–H and O–H groups in total. The fourth-order valence-corrected chi connectivity index (χ4v) is 4.04. The highest BCUT2D eigenvalue weighted by Gasteiger charge is 2.33. The Morgan fingerprint density at radius 3 is 2.45 bits per heavy atom. The molecule has 6 nitrogen and oxygen atoms in total. The molecule has 0 aliphatic rings. The van der Waals surface area contributed by atoms with Crippen LogP contribution in [0, 0.1) is 5.82 Å². The number of hydrogen-bond acceptors (Lipinski definition) is 5. The fourth-order valence-electron chi connectivity index (χ4n) is 3.85. The topological polar surface area (TPSA) is 59.7 Å². The van der Waals surface area contributed by atoms with Crippen molar-refractivity contribution in [1.82, 2.24) is 30.1 Å². The summed E-state index contributed by atoms with van der Waals surface area (Å²) in [6.45, 7) is 7.01. The molecule has 2 aromatic heterocycles. The minimum absolute atomic E-state index is 0.318. The van der Waals surface area contributed by atoms with Gasteiger partial charge in [0.1, 0.15) is 11.9 Å². The predicted molar refractivity (Wildman–Crippen MR) is 126 cm³/mol. The maximum absolute atomic E-state index is 15.2. The van der Waals surface area contributed by atoms with E-state index in [1.807, 2.05) is 69.4 Å². The van der Waals surface area contributed by atoms with E-state index in [2.05, 4.69) is 25.4 Å². The van der Waals surface area contributed by atoms with E-state index in [9.17, 15) is 0 Å². The molecule has 1 atom stereocenters. The van der Waals surface area contributed by atoms with Gasteiger partial charge in [0.2, 0.25) is 0 Å². The largest absolute Gasteiger partial charge is 0.281 e. The molecule has 0 fully saturated rings. The lowest BCUT2D eigenvalue weighted by Crippen LogP contribution is -2.35. The van der Waals surface area contributed by atoms with Gasteiger partial charge in [-0.25, -0.2) is 9.07 Å². The molecule has 0 aliphatic heterocycles. The lowest BCUT2D eigenvalue weighted by Gasteiger charge is -2.33. The molecular weight excluding hydrogens is 439 g/mol. The highest BCUT2D eigenvalue weighted by Crippen LogP contribution is 2.34. The third-order valence-electron chi connectivity index (χ3n) is 5.38. The van der Waals surface area contributed by atoms with Crippen LogP contribution in [0.15, 0.2) is 73.1 Å². The molecule has 170 valence electrons. The van der Waals surface area contributed by atoms with Crippen LogP contribution in [-0.4, -0.2) is 30.1 Å². The molecule has 2 aromatic carbocycles. The zero-order chi connectivity index (χ0) is 23.4. The molecule has 33 heavy (non-hydrogen) atoms. The second-order valence-electron chi connectivity index (χ2n) is 8.90. The van der Waals surface area contributed by atoms with E-state index < -0.39 is 11.6 Å². The van der Waals surface area contributed by atoms with Crippen LogP contribution in [0.2, 0.25) is 5.02 Å². The summed E-state index contributed by atoms with van der Waals surface area (Å²) in [6, 6.07) is 17.8. The number of tetrazole rings is 1. The van der Waals surface area contributed by atoms with Crippen LogP contribution in [0.4, 0.5) is 4.39 Å². The van der Waals surface area contributed by atoms with Crippen LogP contribution in [0.3, 0.4) is 0 Å². The second-order valence-corrected chi connectivity index (χ2v) is 9.31. The molecular formula is C25H26ClFN6. The van der Waals surface area contributed by atoms with Crippen LogP contribution in [0.5, 0.6) is 0 Å². The first-order chi connectivity index (χ1) is 15.8. The van der Waals surface area contributed by atoms with Gasteiger partial charge < -0.3 is 0 Å². The summed E-state index contributed by atoms with van der Waals surface area (Å²) in [6.07, 6.45) is 3.54. The number of aromatic nitrogens is 5. The molecule has 0 saturated carbocycles. The maximum Gasteiger partial charge on any atom is 0.173 e. The highest BCUT2D eigenvalue weighted by molar-refractivity contribution is 6.31. The quantitative estimate of drug-likeness (QED) is 0.366. The van der Waals surface area contributed by atoms with Crippen LogP contribution < -0.4 is 0 Å². The number of benzene rings is 2. The standard InChI is InChI=1S/C25H26ClFN6/c1-25(2,3)33-24(29-30-31-33)23(20-11-5-7-13-22(20)27)32(16-18-9-8-14-28-15-18)17-19-10-4-6-12-21(19)26/h4-15,23H,16-17H2,1-3H3. The van der Waals surface area contributed by atoms with Crippen molar-refractivity contribution in [1.29, 1.82) is 0 Å². The second kappa shape index (κ2) is 9.77. The molecule has 0 bridgehead atoms. The van der Waals surface area contributed by atoms with Gasteiger partial charge in [-0.1, -0.05) is 54.1 Å². The first kappa shape index (κ1) is 23.0. The van der Waals surface area contributed by atoms with E-state index in [0.717, 1.165) is 11.1 Å². The van der Waals surface area contributed by atoms with E-state index in [-0.39, 0.29) is 5.82 Å². The molecule has 4 rings (SSSR count). The summed E-state index contributed by atoms with van der Waals surface area (Å²) in [5, 5.41) is 13.2. The Morgan fingerprint density at radius 2 is 1.76 bits per heavy atom. The predicted octanol–water partition coefficient (Wildman–Crippen LogP) is 5.41. The maximum atomic E-state index is 15.2. The molecule has 0 amide bonds. The third kappa shape index (κ3) is 5.26. The van der Waals surface area contributed by atoms with Crippen molar-refractivity contribution in [3.8, 4) is 0 Å². The van der Waals surface area contributed by atoms with Gasteiger partial charge in [0.15, 0.2) is 5.82 Å². The molecule has 2 heterocycles. The summed E-state index contributed by atoms with van der Waals surface area (Å²) in [4.78, 5) is 6.39. The van der Waals surface area contributed by atoms with Crippen molar-refractivity contribution < 1.29 is 4.39 Å². The zero-order valence-corrected chi connectivity index (χ0v) is 19.6. The molecule has 1 unspecified atom stereocenters. The molecule has 8 heteroatoms. The summed E-state index contributed by atoms with van der Waals surface area (Å²) in [5.74, 6) is 0.241. The molecule has 0 spiro atoms. The first-order valence-electron chi connectivity index (χ1n) is 10.7. The SMILES string of the molecule is CC(C)(C)n1nnnc1C(c1ccccc1F)N(Cc1cccnc1)Cc1ccccc1Cl. The van der Waals surface area contributed by atoms with Gasteiger partial charge in [0.05, 0.1) is 5.54 Å². The van der Waals surface area contributed by atoms with Crippen molar-refractivity contribution in [3.63, 3.8) is 0 Å². The average Bonchev–Trinajstić information content (AvgIpc) is 3.28. The Kier molecular flexibility index (Phi) is 6.81. The van der Waals surface area contributed by atoms with Gasteiger partial charge in [-0.15, -0.1) is 5.10 Å². The van der Waals surface area contributed by atoms with Crippen LogP contribution in [0.1, 0.15) is 49.3 Å². The summed E-state index contributed by atoms with van der Waals surface area (Å²) in [7, 11) is 0. The van der Waals surface area contributed by atoms with Gasteiger partial charge in [-0.2, -0.15) is 0 Å². The van der Waals surface area contributed by atoms with E-state index >= 15 is 4.39 Å². The van der Waals surface area contributed by atoms with Crippen molar-refractivity contribution in [3.05, 3.63) is 106 Å². The summed E-state index contributed by atoms with van der Waals surface area (Å²) in [5.41, 5.74) is 2.01. The zero-order valence-electron chi connectivity index (χ0n) is 18.9. The summed E-state index contributed by atoms with van der Waals surface area (Å²) < 4.78 is 17.0. The Hall–Kier alpha value is -3.16. The molecule has 4 aromatic rings. The summed E-state index contributed by atoms with van der Waals surface area (Å²) >= 11 is 6.52. The lowest BCUT2D eigenvalue weighted by molar-refractivity contribution is 0.182. The van der Waals surface area contributed by atoms with Crippen LogP contribution in [-0.2, 0) is 18.6 Å². The minimum atomic E-state index is -0.558. The monoisotopic (exact) mass is 464 g/mol. The smallest absolute Gasteiger partial charge is 0.173 e. The number of hydrogen-bond donors (Lipinski definition) is 0. The van der Waals surface area contributed by atoms with E-state index in [4.69, 9.17) is 11.6 Å². The number of rotatable bonds is 7. The van der Waals surface area contributed by atoms with Gasteiger partial charge in [0.25, 0.3) is 0 Å². The van der Waals surface area contributed by atoms with Gasteiger partial charge in [0, 0.05) is 36.1 Å². The Bertz CT molecular complexity index is 1200. The number of nitrogens with zero attached hydrogens (tertiary/aromatic N) is 6. The van der Waals surface area contributed by atoms with Crippen molar-refractivity contribution in [2.24, 2.45) is 0 Å². The van der Waals surface area contributed by atoms with Crippen molar-refractivity contribution in [2.45, 2.75) is 45.4 Å². The molecule has 0 radical (unpaired) electrons. The Morgan fingerprint density at radius 1 is 1.00 bits per heavy atom. The average molecular weight is 465 g/mol. The Labute approximate surface area is 198 Å². The van der Waals surface area contributed by atoms with Crippen LogP contribution in [0.25, 0.3) is 0 Å². The van der Waals surface area contributed by atoms with Crippen LogP contribution >= 0.6 is 11.6 Å². The number of pyridine rings is 1.